The summed E-state index contributed by atoms with van der Waals surface area (Å²) in [6.45, 7) is 3.97. The minimum Gasteiger partial charge on any atom is -0.496 e. The van der Waals surface area contributed by atoms with Gasteiger partial charge in [0.05, 0.1) is 31.9 Å². The van der Waals surface area contributed by atoms with Crippen LogP contribution in [0, 0.1) is 6.92 Å². The fraction of sp³-hybridized carbons (Fsp3) is 0.571. The van der Waals surface area contributed by atoms with E-state index in [-0.39, 0.29) is 12.4 Å². The molecule has 1 aromatic carbocycles. The summed E-state index contributed by atoms with van der Waals surface area (Å²) >= 11 is 0. The number of hydrogen-bond acceptors (Lipinski definition) is 4. The van der Waals surface area contributed by atoms with Crippen molar-refractivity contribution in [3.8, 4) is 11.5 Å². The first-order valence-electron chi connectivity index (χ1n) is 6.21. The molecule has 5 heteroatoms. The van der Waals surface area contributed by atoms with Crippen LogP contribution in [-0.2, 0) is 0 Å². The lowest BCUT2D eigenvalue weighted by Crippen LogP contribution is -2.27. The topological polar surface area (TPSA) is 64.7 Å². The van der Waals surface area contributed by atoms with E-state index in [0.29, 0.717) is 17.9 Å². The third-order valence-electron chi connectivity index (χ3n) is 3.02. The summed E-state index contributed by atoms with van der Waals surface area (Å²) in [5, 5.41) is 10.0. The Bertz CT molecular complexity index is 373. The van der Waals surface area contributed by atoms with E-state index in [0.717, 1.165) is 17.5 Å². The second kappa shape index (κ2) is 8.25. The van der Waals surface area contributed by atoms with E-state index in [2.05, 4.69) is 0 Å². The summed E-state index contributed by atoms with van der Waals surface area (Å²) in [5.41, 5.74) is 7.88. The predicted octanol–water partition coefficient (Wildman–Crippen LogP) is 2.59. The number of rotatable bonds is 6. The van der Waals surface area contributed by atoms with Gasteiger partial charge in [-0.2, -0.15) is 0 Å². The second-order valence-corrected chi connectivity index (χ2v) is 4.46. The Hall–Kier alpha value is -0.970. The number of hydrogen-bond donors (Lipinski definition) is 2. The van der Waals surface area contributed by atoms with Gasteiger partial charge in [-0.25, -0.2) is 0 Å². The minimum atomic E-state index is -0.597. The number of ether oxygens (including phenoxy) is 2. The minimum absolute atomic E-state index is 0. The Morgan fingerprint density at radius 3 is 2.05 bits per heavy atom. The van der Waals surface area contributed by atoms with Gasteiger partial charge in [-0.15, -0.1) is 12.4 Å². The van der Waals surface area contributed by atoms with Crippen molar-refractivity contribution in [1.82, 2.24) is 0 Å². The fourth-order valence-electron chi connectivity index (χ4n) is 2.07. The molecule has 0 fully saturated rings. The molecule has 0 unspecified atom stereocenters. The van der Waals surface area contributed by atoms with E-state index in [1.807, 2.05) is 26.0 Å². The Balaban J connectivity index is 0.00000324. The summed E-state index contributed by atoms with van der Waals surface area (Å²) in [6, 6.07) is 3.29. The molecule has 0 amide bonds. The third-order valence-corrected chi connectivity index (χ3v) is 3.02. The molecule has 3 N–H and O–H groups in total. The van der Waals surface area contributed by atoms with Crippen LogP contribution in [0.3, 0.4) is 0 Å². The lowest BCUT2D eigenvalue weighted by atomic mass is 9.96. The van der Waals surface area contributed by atoms with Crippen molar-refractivity contribution in [2.24, 2.45) is 5.73 Å². The Labute approximate surface area is 121 Å². The van der Waals surface area contributed by atoms with Crippen LogP contribution in [0.25, 0.3) is 0 Å². The highest BCUT2D eigenvalue weighted by molar-refractivity contribution is 5.85. The maximum Gasteiger partial charge on any atom is 0.127 e. The van der Waals surface area contributed by atoms with Gasteiger partial charge in [0.2, 0.25) is 0 Å². The van der Waals surface area contributed by atoms with Crippen LogP contribution in [0.1, 0.15) is 36.9 Å². The molecule has 0 saturated heterocycles. The lowest BCUT2D eigenvalue weighted by molar-refractivity contribution is 0.131. The van der Waals surface area contributed by atoms with Crippen LogP contribution < -0.4 is 15.2 Å². The molecule has 0 saturated carbocycles. The van der Waals surface area contributed by atoms with Gasteiger partial charge in [0.1, 0.15) is 11.5 Å². The van der Waals surface area contributed by atoms with Crippen molar-refractivity contribution in [3.63, 3.8) is 0 Å². The van der Waals surface area contributed by atoms with Crippen molar-refractivity contribution in [2.75, 3.05) is 14.2 Å². The zero-order valence-corrected chi connectivity index (χ0v) is 12.8. The van der Waals surface area contributed by atoms with Gasteiger partial charge < -0.3 is 20.3 Å². The maximum atomic E-state index is 10.0. The predicted molar refractivity (Wildman–Crippen MR) is 79.4 cm³/mol. The molecule has 0 aliphatic heterocycles. The molecule has 0 bridgehead atoms. The highest BCUT2D eigenvalue weighted by Gasteiger charge is 2.24. The molecule has 0 aliphatic rings. The van der Waals surface area contributed by atoms with Crippen LogP contribution >= 0.6 is 12.4 Å². The van der Waals surface area contributed by atoms with E-state index in [4.69, 9.17) is 15.2 Å². The van der Waals surface area contributed by atoms with E-state index in [9.17, 15) is 5.11 Å². The van der Waals surface area contributed by atoms with E-state index < -0.39 is 12.1 Å². The average molecular weight is 290 g/mol. The summed E-state index contributed by atoms with van der Waals surface area (Å²) < 4.78 is 10.7. The first-order valence-corrected chi connectivity index (χ1v) is 6.21. The van der Waals surface area contributed by atoms with Gasteiger partial charge >= 0.3 is 0 Å². The monoisotopic (exact) mass is 289 g/mol. The summed E-state index contributed by atoms with van der Waals surface area (Å²) in [4.78, 5) is 0. The molecule has 0 heterocycles. The first kappa shape index (κ1) is 18.0. The van der Waals surface area contributed by atoms with E-state index in [1.165, 1.54) is 0 Å². The molecule has 0 aliphatic carbocycles. The van der Waals surface area contributed by atoms with Crippen LogP contribution in [0.5, 0.6) is 11.5 Å². The molecule has 4 nitrogen and oxygen atoms in total. The molecule has 2 atom stereocenters. The summed E-state index contributed by atoms with van der Waals surface area (Å²) in [5.74, 6) is 1.32. The van der Waals surface area contributed by atoms with E-state index in [1.54, 1.807) is 14.2 Å². The largest absolute Gasteiger partial charge is 0.496 e. The van der Waals surface area contributed by atoms with Crippen LogP contribution in [-0.4, -0.2) is 25.4 Å². The van der Waals surface area contributed by atoms with Gasteiger partial charge in [-0.1, -0.05) is 13.3 Å². The lowest BCUT2D eigenvalue weighted by Gasteiger charge is -2.23. The molecule has 1 aromatic rings. The smallest absolute Gasteiger partial charge is 0.127 e. The second-order valence-electron chi connectivity index (χ2n) is 4.46. The molecule has 0 spiro atoms. The molecule has 0 radical (unpaired) electrons. The zero-order chi connectivity index (χ0) is 13.7. The van der Waals surface area contributed by atoms with E-state index >= 15 is 0 Å². The quantitative estimate of drug-likeness (QED) is 0.845. The van der Waals surface area contributed by atoms with Crippen LogP contribution in [0.15, 0.2) is 12.1 Å². The number of aryl methyl sites for hydroxylation is 1. The number of benzene rings is 1. The Kier molecular flexibility index (Phi) is 7.83. The Morgan fingerprint density at radius 1 is 1.21 bits per heavy atom. The number of methoxy groups -OCH3 is 2. The van der Waals surface area contributed by atoms with Crippen molar-refractivity contribution in [3.05, 3.63) is 23.3 Å². The van der Waals surface area contributed by atoms with Crippen molar-refractivity contribution in [1.29, 1.82) is 0 Å². The van der Waals surface area contributed by atoms with Crippen molar-refractivity contribution >= 4 is 12.4 Å². The molecular weight excluding hydrogens is 266 g/mol. The van der Waals surface area contributed by atoms with Gasteiger partial charge in [-0.05, 0) is 31.0 Å². The number of nitrogens with two attached hydrogens (primary N) is 1. The molecule has 0 aromatic heterocycles. The fourth-order valence-corrected chi connectivity index (χ4v) is 2.07. The maximum absolute atomic E-state index is 10.0. The highest BCUT2D eigenvalue weighted by atomic mass is 35.5. The Morgan fingerprint density at radius 2 is 1.68 bits per heavy atom. The third kappa shape index (κ3) is 4.27. The SMILES string of the molecule is CCC[C@@H](O)[C@@H](N)c1c(OC)cc(C)cc1OC.Cl. The van der Waals surface area contributed by atoms with Crippen LogP contribution in [0.2, 0.25) is 0 Å². The number of aliphatic hydroxyl groups is 1. The van der Waals surface area contributed by atoms with Gasteiger partial charge in [0.15, 0.2) is 0 Å². The number of aliphatic hydroxyl groups excluding tert-OH is 1. The molecule has 110 valence electrons. The zero-order valence-electron chi connectivity index (χ0n) is 12.0. The molecular formula is C14H24ClNO3. The van der Waals surface area contributed by atoms with Gasteiger partial charge in [0.25, 0.3) is 0 Å². The first-order chi connectivity index (χ1) is 8.54. The standard InChI is InChI=1S/C14H23NO3.ClH/c1-5-6-10(16)14(15)13-11(17-3)7-9(2)8-12(13)18-4;/h7-8,10,14,16H,5-6,15H2,1-4H3;1H/t10-,14-;/m1./s1. The average Bonchev–Trinajstić information content (AvgIpc) is 2.36. The number of halogens is 1. The summed E-state index contributed by atoms with van der Waals surface area (Å²) in [7, 11) is 3.19. The van der Waals surface area contributed by atoms with Gasteiger partial charge in [0, 0.05) is 0 Å². The molecule has 1 rings (SSSR count). The van der Waals surface area contributed by atoms with Gasteiger partial charge in [-0.3, -0.25) is 0 Å². The summed E-state index contributed by atoms with van der Waals surface area (Å²) in [6.07, 6.45) is 0.938. The normalized spacial score (nSPS) is 13.4. The highest BCUT2D eigenvalue weighted by Crippen LogP contribution is 2.36. The van der Waals surface area contributed by atoms with Crippen molar-refractivity contribution in [2.45, 2.75) is 38.8 Å². The molecule has 19 heavy (non-hydrogen) atoms. The van der Waals surface area contributed by atoms with Crippen LogP contribution in [0.4, 0.5) is 0 Å². The van der Waals surface area contributed by atoms with Crippen molar-refractivity contribution < 1.29 is 14.6 Å².